The molecule has 2 rings (SSSR count). The van der Waals surface area contributed by atoms with Crippen molar-refractivity contribution in [1.82, 2.24) is 5.06 Å². The number of nitro benzene ring substituents is 1. The molecule has 1 aromatic carbocycles. The molecule has 1 unspecified atom stereocenters. The Morgan fingerprint density at radius 3 is 2.60 bits per heavy atom. The summed E-state index contributed by atoms with van der Waals surface area (Å²) in [7, 11) is 1.74. The molecule has 0 amide bonds. The van der Waals surface area contributed by atoms with Gasteiger partial charge in [-0.25, -0.2) is 4.21 Å². The van der Waals surface area contributed by atoms with E-state index in [1.165, 1.54) is 18.6 Å². The molecule has 1 saturated carbocycles. The molecule has 0 aromatic heterocycles. The maximum atomic E-state index is 12.2. The van der Waals surface area contributed by atoms with Gasteiger partial charge in [-0.3, -0.25) is 10.1 Å². The van der Waals surface area contributed by atoms with Crippen LogP contribution in [0.5, 0.6) is 0 Å². The molecule has 0 aliphatic heterocycles. The van der Waals surface area contributed by atoms with Crippen LogP contribution in [-0.2, 0) is 15.4 Å². The van der Waals surface area contributed by atoms with Crippen molar-refractivity contribution in [3.8, 4) is 0 Å². The van der Waals surface area contributed by atoms with Crippen LogP contribution in [0.15, 0.2) is 29.2 Å². The highest BCUT2D eigenvalue weighted by molar-refractivity contribution is 7.80. The third kappa shape index (κ3) is 3.62. The summed E-state index contributed by atoms with van der Waals surface area (Å²) in [5, 5.41) is 12.5. The number of para-hydroxylation sites is 1. The molecule has 1 fully saturated rings. The van der Waals surface area contributed by atoms with Crippen molar-refractivity contribution in [2.45, 2.75) is 43.0 Å². The summed E-state index contributed by atoms with van der Waals surface area (Å²) in [4.78, 5) is 10.5. The third-order valence-electron chi connectivity index (χ3n) is 3.52. The zero-order chi connectivity index (χ0) is 14.5. The SMILES string of the molecule is CN(OS(=O)c1ccccc1[N+](=O)[O-])C1CCCCC1. The lowest BCUT2D eigenvalue weighted by molar-refractivity contribution is -0.387. The van der Waals surface area contributed by atoms with Crippen LogP contribution >= 0.6 is 0 Å². The van der Waals surface area contributed by atoms with E-state index in [9.17, 15) is 14.3 Å². The van der Waals surface area contributed by atoms with E-state index in [2.05, 4.69) is 0 Å². The lowest BCUT2D eigenvalue weighted by Gasteiger charge is -2.29. The Morgan fingerprint density at radius 2 is 1.95 bits per heavy atom. The third-order valence-corrected chi connectivity index (χ3v) is 4.59. The molecule has 0 radical (unpaired) electrons. The molecule has 0 heterocycles. The van der Waals surface area contributed by atoms with Crippen LogP contribution in [0.4, 0.5) is 5.69 Å². The van der Waals surface area contributed by atoms with E-state index in [4.69, 9.17) is 4.28 Å². The lowest BCUT2D eigenvalue weighted by atomic mass is 9.96. The molecule has 0 spiro atoms. The highest BCUT2D eigenvalue weighted by atomic mass is 32.2. The minimum absolute atomic E-state index is 0.0974. The van der Waals surface area contributed by atoms with Gasteiger partial charge in [-0.1, -0.05) is 31.4 Å². The minimum atomic E-state index is -1.86. The summed E-state index contributed by atoms with van der Waals surface area (Å²) in [5.74, 6) is 0. The monoisotopic (exact) mass is 298 g/mol. The number of nitrogens with zero attached hydrogens (tertiary/aromatic N) is 2. The summed E-state index contributed by atoms with van der Waals surface area (Å²) in [6.45, 7) is 0. The van der Waals surface area contributed by atoms with Gasteiger partial charge >= 0.3 is 0 Å². The van der Waals surface area contributed by atoms with E-state index >= 15 is 0 Å². The van der Waals surface area contributed by atoms with Crippen molar-refractivity contribution in [2.24, 2.45) is 0 Å². The van der Waals surface area contributed by atoms with Crippen LogP contribution in [-0.4, -0.2) is 27.3 Å². The molecule has 0 N–H and O–H groups in total. The van der Waals surface area contributed by atoms with Crippen molar-refractivity contribution in [1.29, 1.82) is 0 Å². The van der Waals surface area contributed by atoms with Crippen LogP contribution in [0.25, 0.3) is 0 Å². The number of hydrogen-bond acceptors (Lipinski definition) is 5. The molecule has 1 aliphatic rings. The second-order valence-electron chi connectivity index (χ2n) is 4.87. The molecule has 20 heavy (non-hydrogen) atoms. The average Bonchev–Trinajstić information content (AvgIpc) is 2.48. The van der Waals surface area contributed by atoms with E-state index in [1.807, 2.05) is 0 Å². The first kappa shape index (κ1) is 15.1. The Balaban J connectivity index is 2.06. The molecule has 110 valence electrons. The Labute approximate surface area is 120 Å². The van der Waals surface area contributed by atoms with E-state index < -0.39 is 16.0 Å². The topological polar surface area (TPSA) is 72.7 Å². The van der Waals surface area contributed by atoms with Crippen molar-refractivity contribution >= 4 is 16.8 Å². The van der Waals surface area contributed by atoms with Gasteiger partial charge in [-0.2, -0.15) is 9.35 Å². The molecular weight excluding hydrogens is 280 g/mol. The van der Waals surface area contributed by atoms with E-state index in [0.29, 0.717) is 0 Å². The van der Waals surface area contributed by atoms with Gasteiger partial charge in [-0.15, -0.1) is 0 Å². The van der Waals surface area contributed by atoms with Gasteiger partial charge in [0.15, 0.2) is 0 Å². The summed E-state index contributed by atoms with van der Waals surface area (Å²) in [6.07, 6.45) is 5.50. The molecule has 1 atom stereocenters. The number of benzene rings is 1. The van der Waals surface area contributed by atoms with Crippen LogP contribution in [0.3, 0.4) is 0 Å². The van der Waals surface area contributed by atoms with Gasteiger partial charge in [0.2, 0.25) is 11.1 Å². The Kier molecular flexibility index (Phi) is 5.22. The van der Waals surface area contributed by atoms with Crippen molar-refractivity contribution in [3.05, 3.63) is 34.4 Å². The molecular formula is C13H18N2O4S. The first-order valence-corrected chi connectivity index (χ1v) is 7.73. The summed E-state index contributed by atoms with van der Waals surface area (Å²) in [6, 6.07) is 6.18. The molecule has 6 nitrogen and oxygen atoms in total. The fraction of sp³-hybridized carbons (Fsp3) is 0.538. The van der Waals surface area contributed by atoms with Gasteiger partial charge < -0.3 is 0 Å². The van der Waals surface area contributed by atoms with E-state index in [1.54, 1.807) is 24.2 Å². The Hall–Kier alpha value is -1.31. The van der Waals surface area contributed by atoms with Crippen molar-refractivity contribution in [2.75, 3.05) is 7.05 Å². The van der Waals surface area contributed by atoms with Gasteiger partial charge in [0, 0.05) is 19.2 Å². The largest absolute Gasteiger partial charge is 0.287 e. The zero-order valence-corrected chi connectivity index (χ0v) is 12.2. The normalized spacial score (nSPS) is 18.1. The zero-order valence-electron chi connectivity index (χ0n) is 11.4. The van der Waals surface area contributed by atoms with Crippen LogP contribution in [0, 0.1) is 10.1 Å². The van der Waals surface area contributed by atoms with Crippen LogP contribution < -0.4 is 0 Å². The van der Waals surface area contributed by atoms with E-state index in [-0.39, 0.29) is 16.6 Å². The fourth-order valence-corrected chi connectivity index (χ4v) is 3.32. The Morgan fingerprint density at radius 1 is 1.30 bits per heavy atom. The van der Waals surface area contributed by atoms with Gasteiger partial charge in [0.05, 0.1) is 4.92 Å². The van der Waals surface area contributed by atoms with Gasteiger partial charge in [0.25, 0.3) is 5.69 Å². The quantitative estimate of drug-likeness (QED) is 0.617. The number of hydroxylamine groups is 2. The number of rotatable bonds is 5. The summed E-state index contributed by atoms with van der Waals surface area (Å²) >= 11 is -1.86. The maximum Gasteiger partial charge on any atom is 0.287 e. The molecule has 0 saturated heterocycles. The first-order valence-electron chi connectivity index (χ1n) is 6.66. The lowest BCUT2D eigenvalue weighted by Crippen LogP contribution is -2.34. The Bertz CT molecular complexity index is 503. The molecule has 0 bridgehead atoms. The van der Waals surface area contributed by atoms with E-state index in [0.717, 1.165) is 25.7 Å². The van der Waals surface area contributed by atoms with Gasteiger partial charge in [-0.05, 0) is 18.9 Å². The number of nitro groups is 1. The average molecular weight is 298 g/mol. The highest BCUT2D eigenvalue weighted by Gasteiger charge is 2.24. The van der Waals surface area contributed by atoms with Crippen molar-refractivity contribution < 1.29 is 13.4 Å². The van der Waals surface area contributed by atoms with Crippen LogP contribution in [0.1, 0.15) is 32.1 Å². The highest BCUT2D eigenvalue weighted by Crippen LogP contribution is 2.25. The first-order chi connectivity index (χ1) is 9.59. The second-order valence-corrected chi connectivity index (χ2v) is 5.93. The van der Waals surface area contributed by atoms with Crippen LogP contribution in [0.2, 0.25) is 0 Å². The maximum absolute atomic E-state index is 12.2. The molecule has 7 heteroatoms. The summed E-state index contributed by atoms with van der Waals surface area (Å²) in [5.41, 5.74) is -0.178. The minimum Gasteiger partial charge on any atom is -0.258 e. The van der Waals surface area contributed by atoms with Gasteiger partial charge in [0.1, 0.15) is 4.90 Å². The standard InChI is InChI=1S/C13H18N2O4S/c1-14(11-7-3-2-4-8-11)19-20(18)13-10-6-5-9-12(13)15(16)17/h5-6,9-11H,2-4,7-8H2,1H3. The predicted octanol–water partition coefficient (Wildman–Crippen LogP) is 2.81. The smallest absolute Gasteiger partial charge is 0.258 e. The van der Waals surface area contributed by atoms with Crippen molar-refractivity contribution in [3.63, 3.8) is 0 Å². The molecule has 1 aromatic rings. The summed E-state index contributed by atoms with van der Waals surface area (Å²) < 4.78 is 17.5. The molecule has 1 aliphatic carbocycles. The number of hydrogen-bond donors (Lipinski definition) is 0. The fourth-order valence-electron chi connectivity index (χ4n) is 2.40. The second kappa shape index (κ2) is 6.92. The predicted molar refractivity (Wildman–Crippen MR) is 75.2 cm³/mol.